The van der Waals surface area contributed by atoms with Crippen LogP contribution in [0.1, 0.15) is 121 Å². The minimum absolute atomic E-state index is 0.0122. The third-order valence-corrected chi connectivity index (χ3v) is 23.2. The molecule has 0 aliphatic heterocycles. The van der Waals surface area contributed by atoms with Gasteiger partial charge < -0.3 is 14.0 Å². The smallest absolute Gasteiger partial charge is 0.192 e. The minimum Gasteiger partial charge on any atom is -0.413 e. The van der Waals surface area contributed by atoms with Crippen molar-refractivity contribution < 1.29 is 14.0 Å². The normalized spacial score (nSPS) is 29.7. The molecular formula is C39H70O3SSi2. The fourth-order valence-electron chi connectivity index (χ4n) is 7.07. The molecule has 0 heterocycles. The molecule has 0 unspecified atom stereocenters. The van der Waals surface area contributed by atoms with Crippen LogP contribution >= 0.6 is 11.8 Å². The summed E-state index contributed by atoms with van der Waals surface area (Å²) in [5, 5.41) is 11.7. The summed E-state index contributed by atoms with van der Waals surface area (Å²) in [6.07, 6.45) is 15.9. The SMILES string of the molecule is C=C1C(=CC=C2CCC[C@]3(C)C([C@@H](C)SCC(O)(CC)CC)=CC[C@@H]23)C[C@@H](O[Si](C)(C)C(C)(C)C)C[C@@H]1O[Si](C)(C)C(C)(C)C. The Hall–Kier alpha value is -0.376. The van der Waals surface area contributed by atoms with Gasteiger partial charge >= 0.3 is 0 Å². The molecular weight excluding hydrogens is 605 g/mol. The molecule has 3 aliphatic rings. The van der Waals surface area contributed by atoms with E-state index in [1.54, 1.807) is 11.1 Å². The summed E-state index contributed by atoms with van der Waals surface area (Å²) in [5.41, 5.74) is 5.35. The molecule has 2 saturated carbocycles. The highest BCUT2D eigenvalue weighted by atomic mass is 32.2. The van der Waals surface area contributed by atoms with E-state index in [0.29, 0.717) is 11.2 Å². The number of allylic oxidation sites excluding steroid dienone is 4. The highest BCUT2D eigenvalue weighted by molar-refractivity contribution is 8.00. The second-order valence-electron chi connectivity index (χ2n) is 17.9. The lowest BCUT2D eigenvalue weighted by Crippen LogP contribution is -2.49. The predicted molar refractivity (Wildman–Crippen MR) is 204 cm³/mol. The molecule has 0 radical (unpaired) electrons. The van der Waals surface area contributed by atoms with Gasteiger partial charge in [-0.2, -0.15) is 11.8 Å². The van der Waals surface area contributed by atoms with E-state index in [1.807, 2.05) is 11.8 Å². The van der Waals surface area contributed by atoms with Gasteiger partial charge in [0.1, 0.15) is 0 Å². The Balaban J connectivity index is 1.88. The molecule has 0 saturated heterocycles. The van der Waals surface area contributed by atoms with Crippen LogP contribution in [0.3, 0.4) is 0 Å². The van der Waals surface area contributed by atoms with E-state index < -0.39 is 22.2 Å². The molecule has 3 rings (SSSR count). The summed E-state index contributed by atoms with van der Waals surface area (Å²) >= 11 is 1.95. The molecule has 0 aromatic carbocycles. The summed E-state index contributed by atoms with van der Waals surface area (Å²) in [7, 11) is -3.92. The minimum atomic E-state index is -1.99. The van der Waals surface area contributed by atoms with E-state index in [-0.39, 0.29) is 27.7 Å². The van der Waals surface area contributed by atoms with Gasteiger partial charge in [0.25, 0.3) is 0 Å². The van der Waals surface area contributed by atoms with Gasteiger partial charge in [-0.05, 0) is 111 Å². The number of fused-ring (bicyclic) bond motifs is 1. The number of hydrogen-bond acceptors (Lipinski definition) is 4. The largest absolute Gasteiger partial charge is 0.413 e. The zero-order valence-electron chi connectivity index (χ0n) is 31.8. The first kappa shape index (κ1) is 39.1. The first-order chi connectivity index (χ1) is 20.5. The molecule has 0 aromatic rings. The lowest BCUT2D eigenvalue weighted by Gasteiger charge is -2.45. The third-order valence-electron chi connectivity index (χ3n) is 12.7. The first-order valence-corrected chi connectivity index (χ1v) is 24.9. The highest BCUT2D eigenvalue weighted by Crippen LogP contribution is 2.57. The molecule has 3 nitrogen and oxygen atoms in total. The van der Waals surface area contributed by atoms with Crippen molar-refractivity contribution in [2.45, 2.75) is 180 Å². The quantitative estimate of drug-likeness (QED) is 0.175. The fourth-order valence-corrected chi connectivity index (χ4v) is 11.3. The van der Waals surface area contributed by atoms with Crippen LogP contribution in [0.15, 0.2) is 47.1 Å². The van der Waals surface area contributed by atoms with Gasteiger partial charge in [-0.3, -0.25) is 0 Å². The van der Waals surface area contributed by atoms with Crippen molar-refractivity contribution >= 4 is 28.4 Å². The Bertz CT molecular complexity index is 1150. The molecule has 0 amide bonds. The van der Waals surface area contributed by atoms with Gasteiger partial charge in [0, 0.05) is 17.4 Å². The lowest BCUT2D eigenvalue weighted by molar-refractivity contribution is 0.0571. The molecule has 5 atom stereocenters. The maximum absolute atomic E-state index is 10.9. The van der Waals surface area contributed by atoms with E-state index in [2.05, 4.69) is 120 Å². The van der Waals surface area contributed by atoms with Crippen LogP contribution in [0, 0.1) is 11.3 Å². The molecule has 1 N–H and O–H groups in total. The number of aliphatic hydroxyl groups is 1. The van der Waals surface area contributed by atoms with Crippen LogP contribution in [0.2, 0.25) is 36.3 Å². The lowest BCUT2D eigenvalue weighted by atomic mass is 9.64. The Kier molecular flexibility index (Phi) is 12.4. The molecule has 3 aliphatic carbocycles. The van der Waals surface area contributed by atoms with E-state index in [1.165, 1.54) is 30.4 Å². The highest BCUT2D eigenvalue weighted by Gasteiger charge is 2.47. The molecule has 0 spiro atoms. The average molecular weight is 675 g/mol. The van der Waals surface area contributed by atoms with Crippen molar-refractivity contribution in [1.29, 1.82) is 0 Å². The molecule has 2 fully saturated rings. The van der Waals surface area contributed by atoms with Gasteiger partial charge in [0.15, 0.2) is 16.6 Å². The van der Waals surface area contributed by atoms with Crippen molar-refractivity contribution in [2.75, 3.05) is 5.75 Å². The van der Waals surface area contributed by atoms with Gasteiger partial charge in [-0.25, -0.2) is 0 Å². The fraction of sp³-hybridized carbons (Fsp3) is 0.795. The van der Waals surface area contributed by atoms with Crippen molar-refractivity contribution in [3.63, 3.8) is 0 Å². The predicted octanol–water partition coefficient (Wildman–Crippen LogP) is 11.8. The standard InChI is InChI=1S/C39H70O3SSi2/c1-16-39(40,17-2)27-43-29(4)33-22-23-34-30(19-18-24-38(33,34)11)20-21-31-25-32(41-44(12,13)36(5,6)7)26-35(28(31)3)42-45(14,15)37(8,9)10/h20-22,29,32,34-35,40H,3,16-19,23-27H2,1-2,4-15H3/t29-,32-,34+,35+,38-/m1/s1. The maximum Gasteiger partial charge on any atom is 0.192 e. The molecule has 258 valence electrons. The Morgan fingerprint density at radius 1 is 1.02 bits per heavy atom. The number of hydrogen-bond donors (Lipinski definition) is 1. The van der Waals surface area contributed by atoms with Crippen LogP contribution in [0.5, 0.6) is 0 Å². The summed E-state index contributed by atoms with van der Waals surface area (Å²) in [5.74, 6) is 1.37. The van der Waals surface area contributed by atoms with Gasteiger partial charge in [-0.15, -0.1) is 0 Å². The van der Waals surface area contributed by atoms with Crippen LogP contribution in [-0.4, -0.2) is 50.6 Å². The third kappa shape index (κ3) is 8.81. The molecule has 45 heavy (non-hydrogen) atoms. The monoisotopic (exact) mass is 674 g/mol. The molecule has 6 heteroatoms. The number of rotatable bonds is 11. The van der Waals surface area contributed by atoms with Crippen LogP contribution in [0.25, 0.3) is 0 Å². The Morgan fingerprint density at radius 3 is 2.16 bits per heavy atom. The summed E-state index contributed by atoms with van der Waals surface area (Å²) in [6.45, 7) is 37.3. The van der Waals surface area contributed by atoms with E-state index in [0.717, 1.165) is 37.9 Å². The van der Waals surface area contributed by atoms with Crippen molar-refractivity contribution in [1.82, 2.24) is 0 Å². The van der Waals surface area contributed by atoms with Crippen molar-refractivity contribution in [3.8, 4) is 0 Å². The van der Waals surface area contributed by atoms with Crippen LogP contribution in [0.4, 0.5) is 0 Å². The Morgan fingerprint density at radius 2 is 1.60 bits per heavy atom. The van der Waals surface area contributed by atoms with E-state index in [9.17, 15) is 5.11 Å². The topological polar surface area (TPSA) is 38.7 Å². The van der Waals surface area contributed by atoms with Crippen LogP contribution < -0.4 is 0 Å². The molecule has 0 aromatic heterocycles. The van der Waals surface area contributed by atoms with E-state index >= 15 is 0 Å². The van der Waals surface area contributed by atoms with Gasteiger partial charge in [0.05, 0.1) is 17.8 Å². The second kappa shape index (κ2) is 14.2. The maximum atomic E-state index is 10.9. The second-order valence-corrected chi connectivity index (χ2v) is 28.7. The average Bonchev–Trinajstić information content (AvgIpc) is 3.28. The van der Waals surface area contributed by atoms with Crippen LogP contribution in [-0.2, 0) is 8.85 Å². The van der Waals surface area contributed by atoms with Gasteiger partial charge in [-0.1, -0.05) is 98.3 Å². The summed E-state index contributed by atoms with van der Waals surface area (Å²) < 4.78 is 14.2. The van der Waals surface area contributed by atoms with Crippen molar-refractivity contribution in [2.24, 2.45) is 11.3 Å². The molecule has 0 bridgehead atoms. The Labute approximate surface area is 285 Å². The van der Waals surface area contributed by atoms with Crippen molar-refractivity contribution in [3.05, 3.63) is 47.1 Å². The first-order valence-electron chi connectivity index (χ1n) is 18.0. The zero-order chi connectivity index (χ0) is 34.2. The summed E-state index contributed by atoms with van der Waals surface area (Å²) in [4.78, 5) is 0. The summed E-state index contributed by atoms with van der Waals surface area (Å²) in [6, 6.07) is 0. The number of thioether (sulfide) groups is 1. The zero-order valence-corrected chi connectivity index (χ0v) is 34.6. The van der Waals surface area contributed by atoms with Gasteiger partial charge in [0.2, 0.25) is 0 Å². The van der Waals surface area contributed by atoms with E-state index in [4.69, 9.17) is 8.85 Å².